The largest absolute Gasteiger partial charge is 0.454 e. The summed E-state index contributed by atoms with van der Waals surface area (Å²) in [5, 5.41) is 5.27. The second kappa shape index (κ2) is 6.20. The molecule has 21 heavy (non-hydrogen) atoms. The summed E-state index contributed by atoms with van der Waals surface area (Å²) in [5.74, 6) is 0.995. The van der Waals surface area contributed by atoms with Gasteiger partial charge in [-0.15, -0.1) is 11.3 Å². The van der Waals surface area contributed by atoms with E-state index in [4.69, 9.17) is 21.1 Å². The van der Waals surface area contributed by atoms with Crippen LogP contribution in [0.15, 0.2) is 35.7 Å². The van der Waals surface area contributed by atoms with Crippen LogP contribution in [0, 0.1) is 0 Å². The van der Waals surface area contributed by atoms with E-state index in [9.17, 15) is 4.79 Å². The summed E-state index contributed by atoms with van der Waals surface area (Å²) in [6, 6.07) is 7.46. The molecule has 1 amide bonds. The minimum atomic E-state index is -0.155. The minimum absolute atomic E-state index is 0.155. The molecule has 0 bridgehead atoms. The quantitative estimate of drug-likeness (QED) is 0.877. The van der Waals surface area contributed by atoms with Gasteiger partial charge < -0.3 is 14.8 Å². The highest BCUT2D eigenvalue weighted by molar-refractivity contribution is 7.09. The van der Waals surface area contributed by atoms with Crippen LogP contribution in [0.1, 0.15) is 10.4 Å². The van der Waals surface area contributed by atoms with Gasteiger partial charge in [0.1, 0.15) is 0 Å². The lowest BCUT2D eigenvalue weighted by atomic mass is 10.2. The third kappa shape index (κ3) is 3.37. The molecule has 108 valence electrons. The predicted octanol–water partition coefficient (Wildman–Crippen LogP) is 3.46. The number of fused-ring (bicyclic) bond motifs is 1. The van der Waals surface area contributed by atoms with Gasteiger partial charge >= 0.3 is 0 Å². The highest BCUT2D eigenvalue weighted by Gasteiger charge is 2.17. The van der Waals surface area contributed by atoms with Gasteiger partial charge in [0.15, 0.2) is 11.5 Å². The third-order valence-corrected chi connectivity index (χ3v) is 4.05. The fraction of sp³-hybridized carbons (Fsp3) is 0.133. The Morgan fingerprint density at radius 3 is 3.14 bits per heavy atom. The molecular weight excluding hydrogens is 310 g/mol. The molecule has 1 aromatic carbocycles. The van der Waals surface area contributed by atoms with Crippen molar-refractivity contribution in [3.8, 4) is 11.5 Å². The van der Waals surface area contributed by atoms with Gasteiger partial charge in [-0.2, -0.15) is 0 Å². The van der Waals surface area contributed by atoms with E-state index in [1.807, 2.05) is 17.5 Å². The lowest BCUT2D eigenvalue weighted by Crippen LogP contribution is -2.19. The Labute approximate surface area is 130 Å². The summed E-state index contributed by atoms with van der Waals surface area (Å²) in [6.07, 6.45) is 3.17. The Morgan fingerprint density at radius 1 is 1.43 bits per heavy atom. The molecule has 0 spiro atoms. The highest BCUT2D eigenvalue weighted by atomic mass is 35.5. The summed E-state index contributed by atoms with van der Waals surface area (Å²) >= 11 is 7.69. The van der Waals surface area contributed by atoms with Gasteiger partial charge in [0.2, 0.25) is 12.7 Å². The van der Waals surface area contributed by atoms with Crippen molar-refractivity contribution in [3.05, 3.63) is 51.2 Å². The Kier molecular flexibility index (Phi) is 4.13. The van der Waals surface area contributed by atoms with Crippen molar-refractivity contribution in [2.24, 2.45) is 0 Å². The summed E-state index contributed by atoms with van der Waals surface area (Å²) in [5.41, 5.74) is 0.788. The van der Waals surface area contributed by atoms with E-state index in [1.54, 1.807) is 29.5 Å². The van der Waals surface area contributed by atoms with Gasteiger partial charge in [0, 0.05) is 11.0 Å². The average molecular weight is 322 g/mol. The number of rotatable bonds is 4. The Hall–Kier alpha value is -1.98. The van der Waals surface area contributed by atoms with Crippen molar-refractivity contribution >= 4 is 34.9 Å². The number of thiophene rings is 1. The van der Waals surface area contributed by atoms with Gasteiger partial charge in [-0.1, -0.05) is 17.7 Å². The van der Waals surface area contributed by atoms with E-state index in [0.717, 1.165) is 10.4 Å². The van der Waals surface area contributed by atoms with Crippen LogP contribution in [0.4, 0.5) is 0 Å². The van der Waals surface area contributed by atoms with E-state index >= 15 is 0 Å². The van der Waals surface area contributed by atoms with Crippen molar-refractivity contribution in [1.82, 2.24) is 5.32 Å². The van der Waals surface area contributed by atoms with Gasteiger partial charge in [-0.05, 0) is 35.2 Å². The average Bonchev–Trinajstić information content (AvgIpc) is 3.14. The first kappa shape index (κ1) is 14.0. The number of hydrogen-bond acceptors (Lipinski definition) is 4. The number of carbonyl (C=O) groups excluding carboxylic acids is 1. The number of ether oxygens (including phenoxy) is 2. The summed E-state index contributed by atoms with van der Waals surface area (Å²) in [6.45, 7) is 0.701. The van der Waals surface area contributed by atoms with Crippen molar-refractivity contribution in [1.29, 1.82) is 0 Å². The molecule has 1 aliphatic rings. The first-order valence-corrected chi connectivity index (χ1v) is 7.55. The smallest absolute Gasteiger partial charge is 0.244 e. The minimum Gasteiger partial charge on any atom is -0.454 e. The molecule has 0 saturated carbocycles. The van der Waals surface area contributed by atoms with Crippen LogP contribution in [-0.4, -0.2) is 12.7 Å². The number of carbonyl (C=O) groups is 1. The van der Waals surface area contributed by atoms with Gasteiger partial charge in [-0.3, -0.25) is 4.79 Å². The van der Waals surface area contributed by atoms with Crippen LogP contribution in [0.25, 0.3) is 6.08 Å². The van der Waals surface area contributed by atoms with Crippen molar-refractivity contribution in [2.75, 3.05) is 6.79 Å². The molecule has 0 saturated heterocycles. The normalized spacial score (nSPS) is 12.8. The van der Waals surface area contributed by atoms with Crippen molar-refractivity contribution < 1.29 is 14.3 Å². The second-order valence-electron chi connectivity index (χ2n) is 4.37. The molecule has 6 heteroatoms. The van der Waals surface area contributed by atoms with E-state index in [-0.39, 0.29) is 12.7 Å². The van der Waals surface area contributed by atoms with Gasteiger partial charge in [0.05, 0.1) is 11.6 Å². The van der Waals surface area contributed by atoms with E-state index < -0.39 is 0 Å². The molecule has 1 aliphatic heterocycles. The predicted molar refractivity (Wildman–Crippen MR) is 82.8 cm³/mol. The molecule has 0 fully saturated rings. The van der Waals surface area contributed by atoms with Crippen LogP contribution >= 0.6 is 22.9 Å². The topological polar surface area (TPSA) is 47.6 Å². The Bertz CT molecular complexity index is 682. The molecule has 2 heterocycles. The highest BCUT2D eigenvalue weighted by Crippen LogP contribution is 2.39. The Morgan fingerprint density at radius 2 is 2.33 bits per heavy atom. The number of nitrogens with one attached hydrogen (secondary N) is 1. The van der Waals surface area contributed by atoms with Crippen molar-refractivity contribution in [3.63, 3.8) is 0 Å². The molecule has 0 atom stereocenters. The standard InChI is InChI=1S/C15H12ClNO3S/c16-12-6-10(7-13-15(12)20-9-19-13)3-4-14(18)17-8-11-2-1-5-21-11/h1-7H,8-9H2,(H,17,18)/b4-3+. The fourth-order valence-corrected chi connectivity index (χ4v) is 2.82. The van der Waals surface area contributed by atoms with Crippen LogP contribution in [0.5, 0.6) is 11.5 Å². The lowest BCUT2D eigenvalue weighted by Gasteiger charge is -2.01. The van der Waals surface area contributed by atoms with Crippen LogP contribution in [0.3, 0.4) is 0 Å². The zero-order valence-corrected chi connectivity index (χ0v) is 12.5. The van der Waals surface area contributed by atoms with Gasteiger partial charge in [-0.25, -0.2) is 0 Å². The zero-order chi connectivity index (χ0) is 14.7. The number of benzene rings is 1. The Balaban J connectivity index is 1.63. The van der Waals surface area contributed by atoms with Crippen LogP contribution < -0.4 is 14.8 Å². The summed E-state index contributed by atoms with van der Waals surface area (Å²) in [7, 11) is 0. The SMILES string of the molecule is O=C(/C=C/c1cc(Cl)c2c(c1)OCO2)NCc1cccs1. The molecule has 1 N–H and O–H groups in total. The van der Waals surface area contributed by atoms with E-state index in [2.05, 4.69) is 5.32 Å². The first-order chi connectivity index (χ1) is 10.2. The summed E-state index contributed by atoms with van der Waals surface area (Å²) < 4.78 is 10.5. The molecule has 4 nitrogen and oxygen atoms in total. The van der Waals surface area contributed by atoms with Crippen LogP contribution in [0.2, 0.25) is 5.02 Å². The molecule has 0 unspecified atom stereocenters. The van der Waals surface area contributed by atoms with E-state index in [0.29, 0.717) is 23.1 Å². The second-order valence-corrected chi connectivity index (χ2v) is 5.81. The monoisotopic (exact) mass is 321 g/mol. The maximum absolute atomic E-state index is 11.7. The zero-order valence-electron chi connectivity index (χ0n) is 11.0. The van der Waals surface area contributed by atoms with Crippen LogP contribution in [-0.2, 0) is 11.3 Å². The molecule has 0 radical (unpaired) electrons. The van der Waals surface area contributed by atoms with E-state index in [1.165, 1.54) is 6.08 Å². The maximum Gasteiger partial charge on any atom is 0.244 e. The molecule has 1 aromatic heterocycles. The molecule has 0 aliphatic carbocycles. The maximum atomic E-state index is 11.7. The van der Waals surface area contributed by atoms with Crippen molar-refractivity contribution in [2.45, 2.75) is 6.54 Å². The first-order valence-electron chi connectivity index (χ1n) is 6.30. The molecule has 2 aromatic rings. The molecule has 3 rings (SSSR count). The van der Waals surface area contributed by atoms with Gasteiger partial charge in [0.25, 0.3) is 0 Å². The summed E-state index contributed by atoms with van der Waals surface area (Å²) in [4.78, 5) is 12.9. The number of amides is 1. The fourth-order valence-electron chi connectivity index (χ4n) is 1.90. The number of halogens is 1. The molecular formula is C15H12ClNO3S. The number of hydrogen-bond donors (Lipinski definition) is 1. The lowest BCUT2D eigenvalue weighted by molar-refractivity contribution is -0.116. The third-order valence-electron chi connectivity index (χ3n) is 2.89.